The van der Waals surface area contributed by atoms with Gasteiger partial charge in [-0.2, -0.15) is 0 Å². The van der Waals surface area contributed by atoms with Crippen LogP contribution in [0.4, 0.5) is 4.79 Å². The lowest BCUT2D eigenvalue weighted by Crippen LogP contribution is -2.29. The summed E-state index contributed by atoms with van der Waals surface area (Å²) in [6.07, 6.45) is 8.78. The van der Waals surface area contributed by atoms with Crippen molar-refractivity contribution in [1.82, 2.24) is 14.3 Å². The fourth-order valence-corrected chi connectivity index (χ4v) is 5.48. The highest BCUT2D eigenvalue weighted by Gasteiger charge is 2.34. The minimum absolute atomic E-state index is 0.170. The van der Waals surface area contributed by atoms with E-state index in [1.54, 1.807) is 25.1 Å². The molecule has 1 aromatic carbocycles. The molecular weight excluding hydrogens is 442 g/mol. The predicted molar refractivity (Wildman–Crippen MR) is 129 cm³/mol. The number of allylic oxidation sites excluding steroid dienone is 1. The molecule has 1 aliphatic rings. The van der Waals surface area contributed by atoms with Crippen molar-refractivity contribution in [3.8, 4) is 5.75 Å². The Hall–Kier alpha value is -2.71. The molecule has 1 aliphatic heterocycles. The fourth-order valence-electron chi connectivity index (χ4n) is 3.59. The number of pyridine rings is 1. The molecule has 0 aliphatic carbocycles. The lowest BCUT2D eigenvalue weighted by atomic mass is 10.1. The van der Waals surface area contributed by atoms with Crippen LogP contribution in [-0.4, -0.2) is 44.8 Å². The number of rotatable bonds is 10. The Morgan fingerprint density at radius 1 is 1.12 bits per heavy atom. The van der Waals surface area contributed by atoms with E-state index in [0.29, 0.717) is 17.9 Å². The Morgan fingerprint density at radius 3 is 2.88 bits per heavy atom. The maximum atomic E-state index is 12.7. The highest BCUT2D eigenvalue weighted by Crippen LogP contribution is 2.32. The number of carbonyl (C=O) groups is 2. The number of carbonyl (C=O) groups excluding carboxylic acids is 2. The molecule has 2 amide bonds. The van der Waals surface area contributed by atoms with Gasteiger partial charge in [0.1, 0.15) is 11.4 Å². The number of imide groups is 1. The van der Waals surface area contributed by atoms with Crippen molar-refractivity contribution in [3.63, 3.8) is 0 Å². The summed E-state index contributed by atoms with van der Waals surface area (Å²) in [4.78, 5) is 31.2. The van der Waals surface area contributed by atoms with E-state index in [1.807, 2.05) is 48.7 Å². The van der Waals surface area contributed by atoms with E-state index < -0.39 is 0 Å². The molecular formula is C24H25N3O3S2. The predicted octanol–water partition coefficient (Wildman–Crippen LogP) is 5.43. The van der Waals surface area contributed by atoms with Gasteiger partial charge in [-0.3, -0.25) is 18.9 Å². The van der Waals surface area contributed by atoms with Crippen LogP contribution in [0.3, 0.4) is 0 Å². The zero-order chi connectivity index (χ0) is 22.3. The standard InChI is InChI=1S/C24H25N3O3S2/c1-30-19-10-3-2-8-18(19)9-6-11-20-23(28)27(24(29)32-20)15-4-5-17-31-22-13-7-12-21-25-14-16-26(21)22/h2-3,7-8,10-14,16H,4-6,9,15,17H2,1H3/b20-11+. The van der Waals surface area contributed by atoms with Gasteiger partial charge in [0, 0.05) is 18.9 Å². The molecule has 0 atom stereocenters. The number of amides is 2. The number of imidazole rings is 1. The van der Waals surface area contributed by atoms with Gasteiger partial charge in [-0.05, 0) is 67.0 Å². The van der Waals surface area contributed by atoms with Crippen molar-refractivity contribution in [2.75, 3.05) is 19.4 Å². The SMILES string of the molecule is COc1ccccc1CC/C=C1/SC(=O)N(CCCCSc2cccc3nccn23)C1=O. The first-order chi connectivity index (χ1) is 15.7. The minimum Gasteiger partial charge on any atom is -0.496 e. The largest absolute Gasteiger partial charge is 0.496 e. The Balaban J connectivity index is 1.23. The van der Waals surface area contributed by atoms with Gasteiger partial charge in [0.25, 0.3) is 11.1 Å². The molecule has 3 heterocycles. The van der Waals surface area contributed by atoms with Crippen LogP contribution in [0, 0.1) is 0 Å². The van der Waals surface area contributed by atoms with Gasteiger partial charge in [0.2, 0.25) is 0 Å². The van der Waals surface area contributed by atoms with Crippen molar-refractivity contribution in [2.24, 2.45) is 0 Å². The quantitative estimate of drug-likeness (QED) is 0.225. The minimum atomic E-state index is -0.172. The van der Waals surface area contributed by atoms with Gasteiger partial charge in [0.05, 0.1) is 17.0 Å². The number of benzene rings is 1. The average molecular weight is 468 g/mol. The van der Waals surface area contributed by atoms with Crippen molar-refractivity contribution in [1.29, 1.82) is 0 Å². The third-order valence-corrected chi connectivity index (χ3v) is 7.30. The summed E-state index contributed by atoms with van der Waals surface area (Å²) < 4.78 is 7.44. The number of aryl methyl sites for hydroxylation is 1. The number of methoxy groups -OCH3 is 1. The van der Waals surface area contributed by atoms with Crippen LogP contribution in [0.5, 0.6) is 5.75 Å². The second-order valence-electron chi connectivity index (χ2n) is 7.32. The molecule has 0 saturated carbocycles. The number of thioether (sulfide) groups is 2. The van der Waals surface area contributed by atoms with E-state index >= 15 is 0 Å². The summed E-state index contributed by atoms with van der Waals surface area (Å²) in [5, 5.41) is 0.971. The van der Waals surface area contributed by atoms with Crippen LogP contribution in [-0.2, 0) is 11.2 Å². The van der Waals surface area contributed by atoms with Crippen LogP contribution in [0.25, 0.3) is 5.65 Å². The van der Waals surface area contributed by atoms with E-state index in [-0.39, 0.29) is 11.1 Å². The molecule has 1 saturated heterocycles. The lowest BCUT2D eigenvalue weighted by molar-refractivity contribution is -0.122. The van der Waals surface area contributed by atoms with E-state index in [2.05, 4.69) is 15.5 Å². The van der Waals surface area contributed by atoms with Gasteiger partial charge >= 0.3 is 0 Å². The lowest BCUT2D eigenvalue weighted by Gasteiger charge is -2.12. The van der Waals surface area contributed by atoms with E-state index in [1.165, 1.54) is 4.90 Å². The monoisotopic (exact) mass is 467 g/mol. The number of hydrogen-bond donors (Lipinski definition) is 0. The molecule has 166 valence electrons. The topological polar surface area (TPSA) is 63.9 Å². The highest BCUT2D eigenvalue weighted by molar-refractivity contribution is 8.18. The van der Waals surface area contributed by atoms with Crippen molar-refractivity contribution >= 4 is 40.3 Å². The number of unbranched alkanes of at least 4 members (excludes halogenated alkanes) is 1. The van der Waals surface area contributed by atoms with Gasteiger partial charge in [-0.1, -0.05) is 30.3 Å². The van der Waals surface area contributed by atoms with Crippen LogP contribution < -0.4 is 4.74 Å². The smallest absolute Gasteiger partial charge is 0.293 e. The molecule has 0 N–H and O–H groups in total. The summed E-state index contributed by atoms with van der Waals surface area (Å²) in [5.74, 6) is 1.59. The molecule has 0 spiro atoms. The van der Waals surface area contributed by atoms with Crippen LogP contribution in [0.15, 0.2) is 70.9 Å². The first-order valence-electron chi connectivity index (χ1n) is 10.6. The third kappa shape index (κ3) is 5.19. The van der Waals surface area contributed by atoms with E-state index in [4.69, 9.17) is 4.74 Å². The van der Waals surface area contributed by atoms with Crippen molar-refractivity contribution in [2.45, 2.75) is 30.7 Å². The Morgan fingerprint density at radius 2 is 2.00 bits per heavy atom. The summed E-state index contributed by atoms with van der Waals surface area (Å²) in [7, 11) is 1.65. The molecule has 2 aromatic heterocycles. The summed E-state index contributed by atoms with van der Waals surface area (Å²) >= 11 is 2.80. The molecule has 0 bridgehead atoms. The molecule has 32 heavy (non-hydrogen) atoms. The van der Waals surface area contributed by atoms with Gasteiger partial charge in [0.15, 0.2) is 0 Å². The number of aromatic nitrogens is 2. The van der Waals surface area contributed by atoms with Crippen molar-refractivity contribution < 1.29 is 14.3 Å². The van der Waals surface area contributed by atoms with Crippen LogP contribution >= 0.6 is 23.5 Å². The highest BCUT2D eigenvalue weighted by atomic mass is 32.2. The maximum absolute atomic E-state index is 12.7. The van der Waals surface area contributed by atoms with Crippen molar-refractivity contribution in [3.05, 3.63) is 71.4 Å². The van der Waals surface area contributed by atoms with Crippen LogP contribution in [0.2, 0.25) is 0 Å². The first kappa shape index (κ1) is 22.5. The molecule has 8 heteroatoms. The number of fused-ring (bicyclic) bond motifs is 1. The molecule has 1 fully saturated rings. The normalized spacial score (nSPS) is 15.3. The number of hydrogen-bond acceptors (Lipinski definition) is 6. The van der Waals surface area contributed by atoms with Crippen LogP contribution in [0.1, 0.15) is 24.8 Å². The number of para-hydroxylation sites is 1. The summed E-state index contributed by atoms with van der Waals surface area (Å²) in [6, 6.07) is 13.9. The maximum Gasteiger partial charge on any atom is 0.293 e. The molecule has 4 rings (SSSR count). The average Bonchev–Trinajstić information content (AvgIpc) is 3.39. The molecule has 6 nitrogen and oxygen atoms in total. The summed E-state index contributed by atoms with van der Waals surface area (Å²) in [6.45, 7) is 0.463. The molecule has 0 radical (unpaired) electrons. The molecule has 3 aromatic rings. The number of ether oxygens (including phenoxy) is 1. The van der Waals surface area contributed by atoms with E-state index in [9.17, 15) is 9.59 Å². The first-order valence-corrected chi connectivity index (χ1v) is 12.4. The second-order valence-corrected chi connectivity index (χ2v) is 9.43. The second kappa shape index (κ2) is 10.7. The van der Waals surface area contributed by atoms with Gasteiger partial charge < -0.3 is 4.74 Å². The number of nitrogens with zero attached hydrogens (tertiary/aromatic N) is 3. The molecule has 0 unspecified atom stereocenters. The van der Waals surface area contributed by atoms with E-state index in [0.717, 1.165) is 58.8 Å². The summed E-state index contributed by atoms with van der Waals surface area (Å²) in [5.41, 5.74) is 2.03. The Kier molecular flexibility index (Phi) is 7.55. The zero-order valence-corrected chi connectivity index (χ0v) is 19.5. The van der Waals surface area contributed by atoms with Gasteiger partial charge in [-0.15, -0.1) is 11.8 Å². The third-order valence-electron chi connectivity index (χ3n) is 5.23. The van der Waals surface area contributed by atoms with Gasteiger partial charge in [-0.25, -0.2) is 4.98 Å². The fraction of sp³-hybridized carbons (Fsp3) is 0.292. The Bertz CT molecular complexity index is 1140. The zero-order valence-electron chi connectivity index (χ0n) is 17.9. The Labute approximate surface area is 196 Å².